The molecule has 0 atom stereocenters. The second-order valence-corrected chi connectivity index (χ2v) is 8.22. The van der Waals surface area contributed by atoms with Crippen LogP contribution in [0.15, 0.2) is 97.1 Å². The van der Waals surface area contributed by atoms with Gasteiger partial charge in [0, 0.05) is 16.7 Å². The number of anilines is 1. The van der Waals surface area contributed by atoms with E-state index < -0.39 is 0 Å². The van der Waals surface area contributed by atoms with Crippen LogP contribution in [-0.2, 0) is 0 Å². The zero-order valence-electron chi connectivity index (χ0n) is 18.9. The van der Waals surface area contributed by atoms with Gasteiger partial charge in [-0.05, 0) is 48.9 Å². The van der Waals surface area contributed by atoms with Gasteiger partial charge in [0.05, 0.1) is 22.8 Å². The van der Waals surface area contributed by atoms with Crippen molar-refractivity contribution < 1.29 is 9.59 Å². The summed E-state index contributed by atoms with van der Waals surface area (Å²) in [6.45, 7) is 3.81. The fourth-order valence-corrected chi connectivity index (χ4v) is 4.10. The van der Waals surface area contributed by atoms with Gasteiger partial charge in [-0.2, -0.15) is 5.10 Å². The van der Waals surface area contributed by atoms with Gasteiger partial charge in [-0.25, -0.2) is 4.68 Å². The molecule has 5 aromatic rings. The molecule has 0 bridgehead atoms. The van der Waals surface area contributed by atoms with Crippen molar-refractivity contribution in [3.05, 3.63) is 125 Å². The maximum absolute atomic E-state index is 13.0. The highest BCUT2D eigenvalue weighted by atomic mass is 16.1. The van der Waals surface area contributed by atoms with Crippen molar-refractivity contribution in [3.63, 3.8) is 0 Å². The van der Waals surface area contributed by atoms with E-state index >= 15 is 0 Å². The molecule has 0 aliphatic heterocycles. The Bertz CT molecular complexity index is 1520. The molecule has 34 heavy (non-hydrogen) atoms. The molecule has 0 saturated carbocycles. The summed E-state index contributed by atoms with van der Waals surface area (Å²) in [4.78, 5) is 25.6. The lowest BCUT2D eigenvalue weighted by atomic mass is 10.0. The summed E-state index contributed by atoms with van der Waals surface area (Å²) in [7, 11) is 0. The first-order valence-corrected chi connectivity index (χ1v) is 11.1. The molecule has 0 fully saturated rings. The SMILES string of the molecule is Cc1nn(-c2ccc3ccccc3c2)c(C)c1NC(=O)c1ccc(C(=O)c2ccccc2)cc1. The molecule has 166 valence electrons. The Morgan fingerprint density at radius 3 is 2.06 bits per heavy atom. The fraction of sp³-hybridized carbons (Fsp3) is 0.0690. The summed E-state index contributed by atoms with van der Waals surface area (Å²) >= 11 is 0. The van der Waals surface area contributed by atoms with E-state index in [1.165, 1.54) is 0 Å². The van der Waals surface area contributed by atoms with Gasteiger partial charge in [0.15, 0.2) is 5.78 Å². The van der Waals surface area contributed by atoms with Gasteiger partial charge < -0.3 is 5.32 Å². The smallest absolute Gasteiger partial charge is 0.255 e. The van der Waals surface area contributed by atoms with Crippen LogP contribution in [0.5, 0.6) is 0 Å². The van der Waals surface area contributed by atoms with Crippen molar-refractivity contribution in [1.82, 2.24) is 9.78 Å². The Labute approximate surface area is 197 Å². The van der Waals surface area contributed by atoms with E-state index in [9.17, 15) is 9.59 Å². The van der Waals surface area contributed by atoms with Crippen LogP contribution in [0.1, 0.15) is 37.7 Å². The number of ketones is 1. The third kappa shape index (κ3) is 3.99. The summed E-state index contributed by atoms with van der Waals surface area (Å²) in [6.07, 6.45) is 0. The quantitative estimate of drug-likeness (QED) is 0.331. The topological polar surface area (TPSA) is 64.0 Å². The normalized spacial score (nSPS) is 10.9. The van der Waals surface area contributed by atoms with Crippen LogP contribution in [0, 0.1) is 13.8 Å². The van der Waals surface area contributed by atoms with Gasteiger partial charge in [-0.1, -0.05) is 72.8 Å². The molecule has 0 aliphatic carbocycles. The zero-order chi connectivity index (χ0) is 23.7. The Morgan fingerprint density at radius 1 is 0.706 bits per heavy atom. The maximum Gasteiger partial charge on any atom is 0.255 e. The average molecular weight is 446 g/mol. The van der Waals surface area contributed by atoms with E-state index in [2.05, 4.69) is 34.7 Å². The summed E-state index contributed by atoms with van der Waals surface area (Å²) < 4.78 is 1.85. The molecule has 0 spiro atoms. The lowest BCUT2D eigenvalue weighted by Gasteiger charge is -2.09. The number of aromatic nitrogens is 2. The van der Waals surface area contributed by atoms with Crippen molar-refractivity contribution in [2.24, 2.45) is 0 Å². The molecule has 5 nitrogen and oxygen atoms in total. The maximum atomic E-state index is 13.0. The van der Waals surface area contributed by atoms with Crippen molar-refractivity contribution in [3.8, 4) is 5.69 Å². The molecule has 4 aromatic carbocycles. The zero-order valence-corrected chi connectivity index (χ0v) is 18.9. The highest BCUT2D eigenvalue weighted by Crippen LogP contribution is 2.26. The van der Waals surface area contributed by atoms with E-state index in [1.807, 2.05) is 54.9 Å². The predicted octanol–water partition coefficient (Wildman–Crippen LogP) is 6.13. The van der Waals surface area contributed by atoms with E-state index in [4.69, 9.17) is 0 Å². The second-order valence-electron chi connectivity index (χ2n) is 8.22. The highest BCUT2D eigenvalue weighted by Gasteiger charge is 2.17. The molecular formula is C29H23N3O2. The number of hydrogen-bond donors (Lipinski definition) is 1. The third-order valence-electron chi connectivity index (χ3n) is 5.95. The van der Waals surface area contributed by atoms with Crippen molar-refractivity contribution in [2.45, 2.75) is 13.8 Å². The molecule has 1 aromatic heterocycles. The number of rotatable bonds is 5. The fourth-order valence-electron chi connectivity index (χ4n) is 4.10. The number of nitrogens with one attached hydrogen (secondary N) is 1. The van der Waals surface area contributed by atoms with Crippen LogP contribution in [0.2, 0.25) is 0 Å². The molecule has 5 heteroatoms. The molecule has 0 unspecified atom stereocenters. The number of carbonyl (C=O) groups excluding carboxylic acids is 2. The number of nitrogens with zero attached hydrogens (tertiary/aromatic N) is 2. The van der Waals surface area contributed by atoms with Gasteiger partial charge in [0.25, 0.3) is 5.91 Å². The minimum Gasteiger partial charge on any atom is -0.319 e. The predicted molar refractivity (Wildman–Crippen MR) is 135 cm³/mol. The molecular weight excluding hydrogens is 422 g/mol. The summed E-state index contributed by atoms with van der Waals surface area (Å²) in [5.74, 6) is -0.320. The lowest BCUT2D eigenvalue weighted by Crippen LogP contribution is -2.13. The van der Waals surface area contributed by atoms with Crippen LogP contribution in [-0.4, -0.2) is 21.5 Å². The Morgan fingerprint density at radius 2 is 1.32 bits per heavy atom. The molecule has 1 heterocycles. The van der Waals surface area contributed by atoms with Gasteiger partial charge >= 0.3 is 0 Å². The molecule has 0 radical (unpaired) electrons. The van der Waals surface area contributed by atoms with E-state index in [0.29, 0.717) is 22.4 Å². The minimum atomic E-state index is -0.247. The number of carbonyl (C=O) groups is 2. The Hall–Kier alpha value is -4.51. The monoisotopic (exact) mass is 445 g/mol. The summed E-state index contributed by atoms with van der Waals surface area (Å²) in [5.41, 5.74) is 4.83. The van der Waals surface area contributed by atoms with E-state index in [-0.39, 0.29) is 11.7 Å². The van der Waals surface area contributed by atoms with Crippen LogP contribution < -0.4 is 5.32 Å². The van der Waals surface area contributed by atoms with Gasteiger partial charge in [-0.15, -0.1) is 0 Å². The van der Waals surface area contributed by atoms with Gasteiger partial charge in [0.2, 0.25) is 0 Å². The molecule has 1 amide bonds. The van der Waals surface area contributed by atoms with E-state index in [1.54, 1.807) is 36.4 Å². The number of aryl methyl sites for hydroxylation is 1. The van der Waals surface area contributed by atoms with Crippen molar-refractivity contribution >= 4 is 28.2 Å². The van der Waals surface area contributed by atoms with Gasteiger partial charge in [-0.3, -0.25) is 9.59 Å². The Kier molecular flexibility index (Phi) is 5.52. The number of fused-ring (bicyclic) bond motifs is 1. The van der Waals surface area contributed by atoms with Gasteiger partial charge in [0.1, 0.15) is 0 Å². The lowest BCUT2D eigenvalue weighted by molar-refractivity contribution is 0.102. The first kappa shape index (κ1) is 21.3. The van der Waals surface area contributed by atoms with Crippen LogP contribution >= 0.6 is 0 Å². The standard InChI is InChI=1S/C29H23N3O2/c1-19-27(20(2)32(31-19)26-17-16-21-8-6-7-11-25(21)18-26)30-29(34)24-14-12-23(13-15-24)28(33)22-9-4-3-5-10-22/h3-18H,1-2H3,(H,30,34). The average Bonchev–Trinajstić information content (AvgIpc) is 3.17. The number of benzene rings is 4. The van der Waals surface area contributed by atoms with Crippen LogP contribution in [0.25, 0.3) is 16.5 Å². The second kappa shape index (κ2) is 8.79. The molecule has 5 rings (SSSR count). The summed E-state index contributed by atoms with van der Waals surface area (Å²) in [5, 5.41) is 9.95. The number of hydrogen-bond acceptors (Lipinski definition) is 3. The summed E-state index contributed by atoms with van der Waals surface area (Å²) in [6, 6.07) is 30.1. The number of amides is 1. The largest absolute Gasteiger partial charge is 0.319 e. The first-order chi connectivity index (χ1) is 16.5. The minimum absolute atomic E-state index is 0.0732. The highest BCUT2D eigenvalue weighted by molar-refractivity contribution is 6.10. The van der Waals surface area contributed by atoms with Crippen molar-refractivity contribution in [1.29, 1.82) is 0 Å². The molecule has 0 saturated heterocycles. The van der Waals surface area contributed by atoms with Crippen LogP contribution in [0.3, 0.4) is 0 Å². The molecule has 0 aliphatic rings. The molecule has 1 N–H and O–H groups in total. The van der Waals surface area contributed by atoms with Crippen molar-refractivity contribution in [2.75, 3.05) is 5.32 Å². The van der Waals surface area contributed by atoms with Crippen LogP contribution in [0.4, 0.5) is 5.69 Å². The van der Waals surface area contributed by atoms with E-state index in [0.717, 1.165) is 27.8 Å². The Balaban J connectivity index is 1.37. The third-order valence-corrected chi connectivity index (χ3v) is 5.95. The first-order valence-electron chi connectivity index (χ1n) is 11.1.